The van der Waals surface area contributed by atoms with Crippen LogP contribution in [0.1, 0.15) is 23.6 Å². The van der Waals surface area contributed by atoms with Crippen LogP contribution in [-0.4, -0.2) is 58.8 Å². The van der Waals surface area contributed by atoms with Gasteiger partial charge in [0.25, 0.3) is 0 Å². The highest BCUT2D eigenvalue weighted by molar-refractivity contribution is 5.88. The van der Waals surface area contributed by atoms with E-state index >= 15 is 0 Å². The number of carbonyl (C=O) groups is 1. The molecule has 10 heteroatoms. The number of para-hydroxylation sites is 1. The van der Waals surface area contributed by atoms with E-state index < -0.39 is 11.7 Å². The molecule has 4 rings (SSSR count). The number of nitrogens with one attached hydrogen (secondary N) is 1. The van der Waals surface area contributed by atoms with Crippen molar-refractivity contribution in [2.24, 2.45) is 0 Å². The zero-order valence-corrected chi connectivity index (χ0v) is 15.5. The molecule has 0 saturated carbocycles. The number of ether oxygens (including phenoxy) is 1. The lowest BCUT2D eigenvalue weighted by molar-refractivity contribution is -0.139. The predicted molar refractivity (Wildman–Crippen MR) is 98.5 cm³/mol. The van der Waals surface area contributed by atoms with E-state index in [-0.39, 0.29) is 24.4 Å². The molecule has 7 nitrogen and oxygen atoms in total. The van der Waals surface area contributed by atoms with E-state index in [1.165, 1.54) is 12.3 Å². The zero-order valence-electron chi connectivity index (χ0n) is 15.5. The number of piperazine rings is 1. The first kappa shape index (κ1) is 19.4. The third-order valence-electron chi connectivity index (χ3n) is 5.20. The average Bonchev–Trinajstić information content (AvgIpc) is 2.73. The van der Waals surface area contributed by atoms with Crippen LogP contribution in [0.2, 0.25) is 0 Å². The molecule has 2 aliphatic heterocycles. The van der Waals surface area contributed by atoms with Crippen molar-refractivity contribution in [3.63, 3.8) is 0 Å². The molecule has 29 heavy (non-hydrogen) atoms. The predicted octanol–water partition coefficient (Wildman–Crippen LogP) is 3.17. The van der Waals surface area contributed by atoms with Crippen LogP contribution in [0.15, 0.2) is 36.5 Å². The normalized spacial score (nSPS) is 20.0. The maximum Gasteiger partial charge on any atom is 0.419 e. The van der Waals surface area contributed by atoms with Crippen LogP contribution in [0.5, 0.6) is 5.75 Å². The number of carbonyl (C=O) groups excluding carboxylic acids is 1. The second kappa shape index (κ2) is 7.86. The summed E-state index contributed by atoms with van der Waals surface area (Å²) in [5.74, 6) is 0.303. The van der Waals surface area contributed by atoms with Gasteiger partial charge in [-0.1, -0.05) is 12.1 Å². The smallest absolute Gasteiger partial charge is 0.419 e. The number of nitrogens with zero attached hydrogens (tertiary/aromatic N) is 4. The van der Waals surface area contributed by atoms with Crippen molar-refractivity contribution >= 4 is 11.8 Å². The molecule has 2 aromatic rings. The molecule has 0 radical (unpaired) electrons. The first-order valence-corrected chi connectivity index (χ1v) is 9.34. The molecule has 1 unspecified atom stereocenters. The Kier molecular flexibility index (Phi) is 5.27. The summed E-state index contributed by atoms with van der Waals surface area (Å²) in [5, 5.41) is 10.2. The average molecular weight is 407 g/mol. The molecule has 1 N–H and O–H groups in total. The standard InChI is InChI=1S/C19H20F3N5O2/c20-19(21,22)14-4-1-3-13-15(6-12-29-17(13)14)26-8-10-27(11-9-26)18(28)24-16-5-2-7-23-25-16/h1-5,7,15H,6,8-12H2,(H,24,25,28). The van der Waals surface area contributed by atoms with Gasteiger partial charge in [-0.2, -0.15) is 18.3 Å². The van der Waals surface area contributed by atoms with Gasteiger partial charge in [-0.05, 0) is 18.2 Å². The number of rotatable bonds is 2. The fraction of sp³-hybridized carbons (Fsp3) is 0.421. The highest BCUT2D eigenvalue weighted by Gasteiger charge is 2.39. The molecular formula is C19H20F3N5O2. The zero-order chi connectivity index (χ0) is 20.4. The van der Waals surface area contributed by atoms with Gasteiger partial charge in [0.15, 0.2) is 5.82 Å². The molecular weight excluding hydrogens is 387 g/mol. The number of amides is 2. The second-order valence-electron chi connectivity index (χ2n) is 6.94. The number of hydrogen-bond acceptors (Lipinski definition) is 5. The van der Waals surface area contributed by atoms with Crippen LogP contribution in [0.3, 0.4) is 0 Å². The lowest BCUT2D eigenvalue weighted by Gasteiger charge is -2.41. The third kappa shape index (κ3) is 4.12. The number of fused-ring (bicyclic) bond motifs is 1. The molecule has 154 valence electrons. The summed E-state index contributed by atoms with van der Waals surface area (Å²) in [6.45, 7) is 2.30. The van der Waals surface area contributed by atoms with Gasteiger partial charge in [-0.25, -0.2) is 4.79 Å². The van der Waals surface area contributed by atoms with Crippen LogP contribution in [0.25, 0.3) is 0 Å². The van der Waals surface area contributed by atoms with Crippen molar-refractivity contribution in [3.05, 3.63) is 47.7 Å². The monoisotopic (exact) mass is 407 g/mol. The van der Waals surface area contributed by atoms with E-state index in [0.29, 0.717) is 44.0 Å². The van der Waals surface area contributed by atoms with Gasteiger partial charge in [-0.3, -0.25) is 10.2 Å². The van der Waals surface area contributed by atoms with E-state index in [4.69, 9.17) is 4.74 Å². The second-order valence-corrected chi connectivity index (χ2v) is 6.94. The Balaban J connectivity index is 1.43. The minimum absolute atomic E-state index is 0.0703. The number of anilines is 1. The molecule has 1 atom stereocenters. The Morgan fingerprint density at radius 3 is 2.62 bits per heavy atom. The Bertz CT molecular complexity index is 870. The van der Waals surface area contributed by atoms with E-state index in [2.05, 4.69) is 20.4 Å². The lowest BCUT2D eigenvalue weighted by atomic mass is 9.95. The molecule has 1 saturated heterocycles. The largest absolute Gasteiger partial charge is 0.493 e. The van der Waals surface area contributed by atoms with E-state index in [1.54, 1.807) is 23.1 Å². The number of benzene rings is 1. The van der Waals surface area contributed by atoms with Crippen molar-refractivity contribution in [2.75, 3.05) is 38.1 Å². The van der Waals surface area contributed by atoms with Gasteiger partial charge in [0.2, 0.25) is 0 Å². The van der Waals surface area contributed by atoms with Crippen molar-refractivity contribution in [1.82, 2.24) is 20.0 Å². The third-order valence-corrected chi connectivity index (χ3v) is 5.20. The quantitative estimate of drug-likeness (QED) is 0.828. The van der Waals surface area contributed by atoms with Gasteiger partial charge in [0, 0.05) is 50.4 Å². The number of aromatic nitrogens is 2. The first-order chi connectivity index (χ1) is 13.9. The van der Waals surface area contributed by atoms with E-state index in [9.17, 15) is 18.0 Å². The number of halogens is 3. The summed E-state index contributed by atoms with van der Waals surface area (Å²) < 4.78 is 45.3. The number of urea groups is 1. The molecule has 0 bridgehead atoms. The van der Waals surface area contributed by atoms with Crippen molar-refractivity contribution in [1.29, 1.82) is 0 Å². The van der Waals surface area contributed by atoms with Crippen molar-refractivity contribution in [3.8, 4) is 5.75 Å². The Labute approximate surface area is 165 Å². The SMILES string of the molecule is O=C(Nc1cccnn1)N1CCN(C2CCOc3c2cccc3C(F)(F)F)CC1. The molecule has 1 aromatic heterocycles. The lowest BCUT2D eigenvalue weighted by Crippen LogP contribution is -2.51. The molecule has 0 aliphatic carbocycles. The molecule has 0 spiro atoms. The Morgan fingerprint density at radius 2 is 1.93 bits per heavy atom. The van der Waals surface area contributed by atoms with Crippen molar-refractivity contribution < 1.29 is 22.7 Å². The molecule has 2 amide bonds. The van der Waals surface area contributed by atoms with Crippen LogP contribution < -0.4 is 10.1 Å². The van der Waals surface area contributed by atoms with Crippen molar-refractivity contribution in [2.45, 2.75) is 18.6 Å². The van der Waals surface area contributed by atoms with Crippen LogP contribution in [0.4, 0.5) is 23.8 Å². The van der Waals surface area contributed by atoms with Gasteiger partial charge < -0.3 is 9.64 Å². The fourth-order valence-electron chi connectivity index (χ4n) is 3.80. The number of alkyl halides is 3. The van der Waals surface area contributed by atoms with E-state index in [1.807, 2.05) is 0 Å². The van der Waals surface area contributed by atoms with Gasteiger partial charge in [0.1, 0.15) is 5.75 Å². The minimum atomic E-state index is -4.45. The molecule has 1 fully saturated rings. The molecule has 2 aliphatic rings. The molecule has 3 heterocycles. The highest BCUT2D eigenvalue weighted by atomic mass is 19.4. The van der Waals surface area contributed by atoms with E-state index in [0.717, 1.165) is 6.07 Å². The van der Waals surface area contributed by atoms with Gasteiger partial charge >= 0.3 is 12.2 Å². The maximum absolute atomic E-state index is 13.3. The summed E-state index contributed by atoms with van der Waals surface area (Å²) in [7, 11) is 0. The summed E-state index contributed by atoms with van der Waals surface area (Å²) in [5.41, 5.74) is -0.176. The number of hydrogen-bond donors (Lipinski definition) is 1. The van der Waals surface area contributed by atoms with Gasteiger partial charge in [0.05, 0.1) is 12.2 Å². The Hall–Kier alpha value is -2.88. The first-order valence-electron chi connectivity index (χ1n) is 9.34. The van der Waals surface area contributed by atoms with Gasteiger partial charge in [-0.15, -0.1) is 5.10 Å². The van der Waals surface area contributed by atoms with Crippen LogP contribution in [0, 0.1) is 0 Å². The Morgan fingerprint density at radius 1 is 1.14 bits per heavy atom. The summed E-state index contributed by atoms with van der Waals surface area (Å²) in [6.07, 6.45) is -2.32. The summed E-state index contributed by atoms with van der Waals surface area (Å²) in [4.78, 5) is 16.2. The highest BCUT2D eigenvalue weighted by Crippen LogP contribution is 2.44. The fourth-order valence-corrected chi connectivity index (χ4v) is 3.80. The van der Waals surface area contributed by atoms with Crippen LogP contribution >= 0.6 is 0 Å². The summed E-state index contributed by atoms with van der Waals surface area (Å²) >= 11 is 0. The molecule has 1 aromatic carbocycles. The van der Waals surface area contributed by atoms with Crippen LogP contribution in [-0.2, 0) is 6.18 Å². The maximum atomic E-state index is 13.3. The minimum Gasteiger partial charge on any atom is -0.493 e. The topological polar surface area (TPSA) is 70.6 Å². The summed E-state index contributed by atoms with van der Waals surface area (Å²) in [6, 6.07) is 7.07.